The van der Waals surface area contributed by atoms with Crippen molar-refractivity contribution in [2.45, 2.75) is 40.0 Å². The van der Waals surface area contributed by atoms with Crippen molar-refractivity contribution in [1.29, 1.82) is 0 Å². The zero-order valence-electron chi connectivity index (χ0n) is 11.0. The van der Waals surface area contributed by atoms with E-state index in [0.29, 0.717) is 11.8 Å². The fourth-order valence-corrected chi connectivity index (χ4v) is 5.50. The summed E-state index contributed by atoms with van der Waals surface area (Å²) in [5, 5.41) is 9.78. The van der Waals surface area contributed by atoms with Crippen LogP contribution in [0.4, 0.5) is 0 Å². The Hall–Kier alpha value is -0.630. The lowest BCUT2D eigenvalue weighted by Crippen LogP contribution is -2.40. The molecule has 3 aliphatic rings. The number of aliphatic hydroxyl groups is 1. The summed E-state index contributed by atoms with van der Waals surface area (Å²) in [6.07, 6.45) is 7.20. The van der Waals surface area contributed by atoms with Gasteiger partial charge < -0.3 is 5.11 Å². The van der Waals surface area contributed by atoms with E-state index in [4.69, 9.17) is 0 Å². The molecule has 94 valence electrons. The third-order valence-electron chi connectivity index (χ3n) is 6.25. The molecule has 0 radical (unpaired) electrons. The minimum absolute atomic E-state index is 0.0293. The normalized spacial score (nSPS) is 56.4. The molecule has 0 unspecified atom stereocenters. The summed E-state index contributed by atoms with van der Waals surface area (Å²) in [5.74, 6) is 1.32. The first-order chi connectivity index (χ1) is 7.91. The zero-order valence-corrected chi connectivity index (χ0v) is 11.0. The van der Waals surface area contributed by atoms with E-state index in [9.17, 15) is 9.90 Å². The lowest BCUT2D eigenvalue weighted by atomic mass is 9.62. The summed E-state index contributed by atoms with van der Waals surface area (Å²) in [7, 11) is 0. The van der Waals surface area contributed by atoms with Crippen molar-refractivity contribution in [3.8, 4) is 0 Å². The van der Waals surface area contributed by atoms with Crippen molar-refractivity contribution in [1.82, 2.24) is 0 Å². The van der Waals surface area contributed by atoms with Crippen molar-refractivity contribution in [2.24, 2.45) is 28.1 Å². The van der Waals surface area contributed by atoms with Crippen LogP contribution in [-0.4, -0.2) is 17.5 Å². The fourth-order valence-electron chi connectivity index (χ4n) is 5.50. The van der Waals surface area contributed by atoms with Crippen LogP contribution in [0.3, 0.4) is 0 Å². The highest BCUT2D eigenvalue weighted by Crippen LogP contribution is 2.74. The molecule has 1 spiro atoms. The number of carbonyl (C=O) groups excluding carboxylic acids is 1. The van der Waals surface area contributed by atoms with E-state index >= 15 is 0 Å². The second-order valence-electron chi connectivity index (χ2n) is 6.98. The number of rotatable bonds is 1. The van der Waals surface area contributed by atoms with E-state index in [1.54, 1.807) is 0 Å². The van der Waals surface area contributed by atoms with E-state index in [0.717, 1.165) is 12.8 Å². The molecule has 5 atom stereocenters. The molecule has 2 fully saturated rings. The van der Waals surface area contributed by atoms with Crippen molar-refractivity contribution < 1.29 is 9.90 Å². The summed E-state index contributed by atoms with van der Waals surface area (Å²) in [4.78, 5) is 12.3. The largest absolute Gasteiger partial charge is 0.396 e. The van der Waals surface area contributed by atoms with Crippen LogP contribution in [0.15, 0.2) is 12.2 Å². The van der Waals surface area contributed by atoms with Gasteiger partial charge in [-0.2, -0.15) is 0 Å². The first kappa shape index (κ1) is 11.5. The van der Waals surface area contributed by atoms with Gasteiger partial charge >= 0.3 is 0 Å². The predicted molar refractivity (Wildman–Crippen MR) is 66.4 cm³/mol. The Balaban J connectivity index is 2.19. The smallest absolute Gasteiger partial charge is 0.162 e. The molecule has 0 aromatic carbocycles. The van der Waals surface area contributed by atoms with Gasteiger partial charge in [0.05, 0.1) is 0 Å². The minimum Gasteiger partial charge on any atom is -0.396 e. The number of hydrogen-bond donors (Lipinski definition) is 1. The SMILES string of the molecule is C[C@@H]1CC[C@H]2[C@@](C)(CO)C[C@]3(C)C(=O)C=C[C@]123. The van der Waals surface area contributed by atoms with E-state index < -0.39 is 0 Å². The van der Waals surface area contributed by atoms with E-state index in [1.807, 2.05) is 6.08 Å². The van der Waals surface area contributed by atoms with Gasteiger partial charge in [0, 0.05) is 17.4 Å². The molecule has 0 heterocycles. The van der Waals surface area contributed by atoms with Gasteiger partial charge in [0.2, 0.25) is 0 Å². The monoisotopic (exact) mass is 234 g/mol. The lowest BCUT2D eigenvalue weighted by Gasteiger charge is -2.40. The van der Waals surface area contributed by atoms with Crippen molar-refractivity contribution in [3.63, 3.8) is 0 Å². The van der Waals surface area contributed by atoms with Crippen molar-refractivity contribution in [3.05, 3.63) is 12.2 Å². The third kappa shape index (κ3) is 1.00. The molecule has 1 N–H and O–H groups in total. The maximum Gasteiger partial charge on any atom is 0.162 e. The maximum absolute atomic E-state index is 12.3. The highest BCUT2D eigenvalue weighted by molar-refractivity contribution is 5.99. The zero-order chi connectivity index (χ0) is 12.5. The van der Waals surface area contributed by atoms with Gasteiger partial charge in [-0.1, -0.05) is 26.8 Å². The fraction of sp³-hybridized carbons (Fsp3) is 0.800. The van der Waals surface area contributed by atoms with Gasteiger partial charge in [-0.05, 0) is 42.6 Å². The molecule has 2 heteroatoms. The first-order valence-electron chi connectivity index (χ1n) is 6.75. The van der Waals surface area contributed by atoms with Crippen LogP contribution < -0.4 is 0 Å². The summed E-state index contributed by atoms with van der Waals surface area (Å²) >= 11 is 0. The Morgan fingerprint density at radius 2 is 2.12 bits per heavy atom. The number of ketones is 1. The highest BCUT2D eigenvalue weighted by Gasteiger charge is 2.72. The maximum atomic E-state index is 12.3. The molecule has 0 amide bonds. The Bertz CT molecular complexity index is 413. The van der Waals surface area contributed by atoms with Crippen LogP contribution in [0.5, 0.6) is 0 Å². The molecule has 0 saturated heterocycles. The number of hydrogen-bond acceptors (Lipinski definition) is 2. The van der Waals surface area contributed by atoms with E-state index in [2.05, 4.69) is 26.8 Å². The van der Waals surface area contributed by atoms with Gasteiger partial charge in [-0.25, -0.2) is 0 Å². The summed E-state index contributed by atoms with van der Waals surface area (Å²) < 4.78 is 0. The highest BCUT2D eigenvalue weighted by atomic mass is 16.3. The molecular weight excluding hydrogens is 212 g/mol. The molecule has 0 aromatic heterocycles. The van der Waals surface area contributed by atoms with E-state index in [1.165, 1.54) is 6.42 Å². The average molecular weight is 234 g/mol. The van der Waals surface area contributed by atoms with Crippen LogP contribution >= 0.6 is 0 Å². The minimum atomic E-state index is -0.259. The van der Waals surface area contributed by atoms with Crippen LogP contribution in [0.25, 0.3) is 0 Å². The van der Waals surface area contributed by atoms with Gasteiger partial charge in [0.15, 0.2) is 5.78 Å². The summed E-state index contributed by atoms with van der Waals surface area (Å²) in [5.41, 5.74) is -0.299. The van der Waals surface area contributed by atoms with Crippen molar-refractivity contribution in [2.75, 3.05) is 6.61 Å². The second-order valence-corrected chi connectivity index (χ2v) is 6.98. The molecule has 3 aliphatic carbocycles. The first-order valence-corrected chi connectivity index (χ1v) is 6.75. The van der Waals surface area contributed by atoms with Crippen LogP contribution in [0, 0.1) is 28.1 Å². The Morgan fingerprint density at radius 1 is 1.41 bits per heavy atom. The Kier molecular flexibility index (Phi) is 2.04. The van der Waals surface area contributed by atoms with Crippen LogP contribution in [0.2, 0.25) is 0 Å². The lowest BCUT2D eigenvalue weighted by molar-refractivity contribution is -0.126. The standard InChI is InChI=1S/C15H22O2/c1-10-4-5-11-13(2,9-16)8-14(3)12(17)6-7-15(10,11)14/h6-7,10-11,16H,4-5,8-9H2,1-3H3/t10-,11+,13-,14-,15+/m1/s1. The second kappa shape index (κ2) is 3.03. The van der Waals surface area contributed by atoms with E-state index in [-0.39, 0.29) is 28.6 Å². The Labute approximate surface area is 103 Å². The van der Waals surface area contributed by atoms with Crippen LogP contribution in [-0.2, 0) is 4.79 Å². The molecule has 0 aliphatic heterocycles. The average Bonchev–Trinajstić information content (AvgIpc) is 2.81. The molecule has 0 bridgehead atoms. The van der Waals surface area contributed by atoms with Crippen molar-refractivity contribution >= 4 is 5.78 Å². The quantitative estimate of drug-likeness (QED) is 0.757. The molecule has 2 saturated carbocycles. The topological polar surface area (TPSA) is 37.3 Å². The van der Waals surface area contributed by atoms with Gasteiger partial charge in [-0.3, -0.25) is 4.79 Å². The Morgan fingerprint density at radius 3 is 2.76 bits per heavy atom. The summed E-state index contributed by atoms with van der Waals surface area (Å²) in [6, 6.07) is 0. The molecule has 2 nitrogen and oxygen atoms in total. The number of carbonyl (C=O) groups is 1. The van der Waals surface area contributed by atoms with Gasteiger partial charge in [-0.15, -0.1) is 0 Å². The van der Waals surface area contributed by atoms with Gasteiger partial charge in [0.25, 0.3) is 0 Å². The number of allylic oxidation sites excluding steroid dienone is 2. The molecule has 3 rings (SSSR count). The third-order valence-corrected chi connectivity index (χ3v) is 6.25. The van der Waals surface area contributed by atoms with Crippen LogP contribution in [0.1, 0.15) is 40.0 Å². The molecule has 17 heavy (non-hydrogen) atoms. The predicted octanol–water partition coefficient (Wildman–Crippen LogP) is 2.57. The summed E-state index contributed by atoms with van der Waals surface area (Å²) in [6.45, 7) is 6.79. The molecular formula is C15H22O2. The molecule has 0 aromatic rings. The van der Waals surface area contributed by atoms with Gasteiger partial charge in [0.1, 0.15) is 0 Å². The number of aliphatic hydroxyl groups excluding tert-OH is 1.